The van der Waals surface area contributed by atoms with Crippen molar-refractivity contribution in [2.75, 3.05) is 13.1 Å². The summed E-state index contributed by atoms with van der Waals surface area (Å²) in [6.45, 7) is 2.29. The lowest BCUT2D eigenvalue weighted by Crippen LogP contribution is -2.00. The van der Waals surface area contributed by atoms with Crippen molar-refractivity contribution in [3.05, 3.63) is 35.4 Å². The molecule has 0 aliphatic rings. The van der Waals surface area contributed by atoms with Crippen LogP contribution in [0, 0.1) is 0 Å². The summed E-state index contributed by atoms with van der Waals surface area (Å²) < 4.78 is 0. The first-order valence-corrected chi connectivity index (χ1v) is 7.33. The number of nitrogens with two attached hydrogens (primary N) is 2. The molecule has 0 heterocycles. The van der Waals surface area contributed by atoms with Crippen molar-refractivity contribution in [3.8, 4) is 0 Å². The van der Waals surface area contributed by atoms with Gasteiger partial charge in [-0.15, -0.1) is 0 Å². The fourth-order valence-corrected chi connectivity index (χ4v) is 1.71. The first-order chi connectivity index (χ1) is 10.8. The van der Waals surface area contributed by atoms with E-state index in [-0.39, 0.29) is 0 Å². The van der Waals surface area contributed by atoms with Crippen molar-refractivity contribution in [1.82, 2.24) is 0 Å². The van der Waals surface area contributed by atoms with Crippen LogP contribution < -0.4 is 11.5 Å². The molecule has 0 unspecified atom stereocenters. The zero-order valence-electron chi connectivity index (χ0n) is 12.8. The van der Waals surface area contributed by atoms with Gasteiger partial charge in [0.15, 0.2) is 0 Å². The van der Waals surface area contributed by atoms with Gasteiger partial charge in [-0.1, -0.05) is 37.1 Å². The smallest absolute Gasteiger partial charge is 0.234 e. The lowest BCUT2D eigenvalue weighted by atomic mass is 10.1. The second-order valence-corrected chi connectivity index (χ2v) is 4.59. The van der Waals surface area contributed by atoms with Gasteiger partial charge in [0.2, 0.25) is 12.2 Å². The third kappa shape index (κ3) is 11.7. The highest BCUT2D eigenvalue weighted by atomic mass is 16.1. The van der Waals surface area contributed by atoms with Crippen LogP contribution >= 0.6 is 0 Å². The maximum atomic E-state index is 9.63. The highest BCUT2D eigenvalue weighted by Gasteiger charge is 1.90. The Bertz CT molecular complexity index is 451. The number of hydrogen-bond acceptors (Lipinski definition) is 6. The van der Waals surface area contributed by atoms with Gasteiger partial charge in [0.1, 0.15) is 0 Å². The van der Waals surface area contributed by atoms with Crippen LogP contribution in [0.15, 0.2) is 34.3 Å². The van der Waals surface area contributed by atoms with Crippen molar-refractivity contribution in [2.24, 2.45) is 21.5 Å². The van der Waals surface area contributed by atoms with Crippen LogP contribution in [0.25, 0.3) is 0 Å². The summed E-state index contributed by atoms with van der Waals surface area (Å²) in [6.07, 6.45) is 6.80. The number of aliphatic imine (C=N–C) groups is 2. The topological polar surface area (TPSA) is 111 Å². The Hall–Kier alpha value is -2.10. The molecule has 6 heteroatoms. The molecule has 0 aliphatic heterocycles. The summed E-state index contributed by atoms with van der Waals surface area (Å²) in [5, 5.41) is 0. The summed E-state index contributed by atoms with van der Waals surface area (Å²) in [6, 6.07) is 8.00. The van der Waals surface area contributed by atoms with Crippen molar-refractivity contribution >= 4 is 12.2 Å². The molecule has 0 fully saturated rings. The maximum absolute atomic E-state index is 9.63. The van der Waals surface area contributed by atoms with E-state index < -0.39 is 0 Å². The first kappa shape index (κ1) is 19.9. The van der Waals surface area contributed by atoms with E-state index in [1.165, 1.54) is 12.2 Å². The third-order valence-corrected chi connectivity index (χ3v) is 2.88. The number of rotatable bonds is 9. The molecule has 6 nitrogen and oxygen atoms in total. The van der Waals surface area contributed by atoms with Gasteiger partial charge < -0.3 is 11.5 Å². The van der Waals surface area contributed by atoms with E-state index >= 15 is 0 Å². The van der Waals surface area contributed by atoms with Crippen molar-refractivity contribution in [3.63, 3.8) is 0 Å². The summed E-state index contributed by atoms with van der Waals surface area (Å²) in [4.78, 5) is 26.1. The molecule has 4 N–H and O–H groups in total. The molecular weight excluding hydrogens is 280 g/mol. The zero-order chi connectivity index (χ0) is 16.5. The molecule has 0 saturated carbocycles. The number of isocyanates is 2. The number of hydrogen-bond donors (Lipinski definition) is 2. The van der Waals surface area contributed by atoms with Gasteiger partial charge in [-0.05, 0) is 24.0 Å². The highest BCUT2D eigenvalue weighted by molar-refractivity contribution is 5.32. The van der Waals surface area contributed by atoms with Crippen molar-refractivity contribution < 1.29 is 9.59 Å². The monoisotopic (exact) mass is 304 g/mol. The second-order valence-electron chi connectivity index (χ2n) is 4.59. The molecule has 0 radical (unpaired) electrons. The fraction of sp³-hybridized carbons (Fsp3) is 0.500. The van der Waals surface area contributed by atoms with Crippen LogP contribution in [0.2, 0.25) is 0 Å². The van der Waals surface area contributed by atoms with E-state index in [1.807, 2.05) is 24.3 Å². The Morgan fingerprint density at radius 3 is 1.64 bits per heavy atom. The molecule has 0 bridgehead atoms. The standard InChI is InChI=1S/C8H12N2O2.C8H12N2/c11-7-9-5-3-1-2-4-6-10-8-12;9-5-7-2-1-3-8(4-7)6-10/h1-6H2;1-4H,5-6,9-10H2. The van der Waals surface area contributed by atoms with Crippen LogP contribution in [0.1, 0.15) is 36.8 Å². The van der Waals surface area contributed by atoms with E-state index in [9.17, 15) is 9.59 Å². The van der Waals surface area contributed by atoms with Crippen LogP contribution in [-0.2, 0) is 22.7 Å². The van der Waals surface area contributed by atoms with E-state index in [2.05, 4.69) is 9.98 Å². The molecule has 120 valence electrons. The van der Waals surface area contributed by atoms with E-state index in [0.29, 0.717) is 26.2 Å². The Balaban J connectivity index is 0.000000406. The lowest BCUT2D eigenvalue weighted by molar-refractivity contribution is 0.558. The molecular formula is C16H24N4O2. The minimum atomic E-state index is 0.556. The van der Waals surface area contributed by atoms with E-state index in [4.69, 9.17) is 11.5 Å². The average molecular weight is 304 g/mol. The van der Waals surface area contributed by atoms with Gasteiger partial charge in [0, 0.05) is 13.1 Å². The van der Waals surface area contributed by atoms with E-state index in [1.54, 1.807) is 0 Å². The van der Waals surface area contributed by atoms with Gasteiger partial charge >= 0.3 is 0 Å². The summed E-state index contributed by atoms with van der Waals surface area (Å²) >= 11 is 0. The zero-order valence-corrected chi connectivity index (χ0v) is 12.8. The Morgan fingerprint density at radius 2 is 1.27 bits per heavy atom. The number of unbranched alkanes of at least 4 members (excludes halogenated alkanes) is 3. The minimum absolute atomic E-state index is 0.556. The molecule has 0 spiro atoms. The Labute approximate surface area is 131 Å². The van der Waals surface area contributed by atoms with Crippen LogP contribution in [0.3, 0.4) is 0 Å². The van der Waals surface area contributed by atoms with Gasteiger partial charge in [0.05, 0.1) is 13.1 Å². The predicted molar refractivity (Wildman–Crippen MR) is 86.7 cm³/mol. The van der Waals surface area contributed by atoms with E-state index in [0.717, 1.165) is 36.8 Å². The van der Waals surface area contributed by atoms with Gasteiger partial charge in [0.25, 0.3) is 0 Å². The van der Waals surface area contributed by atoms with Gasteiger partial charge in [-0.3, -0.25) is 0 Å². The quantitative estimate of drug-likeness (QED) is 0.412. The SMILES string of the molecule is NCc1cccc(CN)c1.O=C=NCCCCCCN=C=O. The van der Waals surface area contributed by atoms with Gasteiger partial charge in [-0.25, -0.2) is 19.6 Å². The summed E-state index contributed by atoms with van der Waals surface area (Å²) in [7, 11) is 0. The van der Waals surface area contributed by atoms with Crippen molar-refractivity contribution in [1.29, 1.82) is 0 Å². The molecule has 0 aliphatic carbocycles. The molecule has 0 saturated heterocycles. The fourth-order valence-electron chi connectivity index (χ4n) is 1.71. The molecule has 1 rings (SSSR count). The van der Waals surface area contributed by atoms with Gasteiger partial charge in [-0.2, -0.15) is 0 Å². The molecule has 0 atom stereocenters. The Kier molecular flexibility index (Phi) is 13.8. The first-order valence-electron chi connectivity index (χ1n) is 7.33. The lowest BCUT2D eigenvalue weighted by Gasteiger charge is -1.98. The molecule has 0 amide bonds. The largest absolute Gasteiger partial charge is 0.326 e. The molecule has 22 heavy (non-hydrogen) atoms. The maximum Gasteiger partial charge on any atom is 0.234 e. The number of carbonyl (C=O) groups excluding carboxylic acids is 2. The molecule has 1 aromatic rings. The summed E-state index contributed by atoms with van der Waals surface area (Å²) in [5.74, 6) is 0. The second kappa shape index (κ2) is 15.3. The Morgan fingerprint density at radius 1 is 0.818 bits per heavy atom. The number of nitrogens with zero attached hydrogens (tertiary/aromatic N) is 2. The third-order valence-electron chi connectivity index (χ3n) is 2.88. The summed E-state index contributed by atoms with van der Waals surface area (Å²) in [5.41, 5.74) is 13.1. The molecule has 1 aromatic carbocycles. The average Bonchev–Trinajstić information content (AvgIpc) is 2.58. The van der Waals surface area contributed by atoms with Crippen molar-refractivity contribution in [2.45, 2.75) is 38.8 Å². The van der Waals surface area contributed by atoms with Crippen LogP contribution in [0.5, 0.6) is 0 Å². The van der Waals surface area contributed by atoms with Crippen LogP contribution in [0.4, 0.5) is 0 Å². The number of benzene rings is 1. The minimum Gasteiger partial charge on any atom is -0.326 e. The predicted octanol–water partition coefficient (Wildman–Crippen LogP) is 1.82. The normalized spacial score (nSPS) is 9.00. The van der Waals surface area contributed by atoms with Crippen LogP contribution in [-0.4, -0.2) is 25.2 Å². The molecule has 0 aromatic heterocycles. The highest BCUT2D eigenvalue weighted by Crippen LogP contribution is 2.02.